The van der Waals surface area contributed by atoms with Crippen molar-refractivity contribution in [2.45, 2.75) is 6.04 Å². The van der Waals surface area contributed by atoms with E-state index in [0.29, 0.717) is 23.5 Å². The Bertz CT molecular complexity index is 598. The lowest BCUT2D eigenvalue weighted by molar-refractivity contribution is 0.0951. The molecule has 0 aliphatic carbocycles. The molecule has 1 atom stereocenters. The van der Waals surface area contributed by atoms with Gasteiger partial charge in [0.2, 0.25) is 0 Å². The van der Waals surface area contributed by atoms with Gasteiger partial charge in [-0.25, -0.2) is 0 Å². The zero-order chi connectivity index (χ0) is 14.5. The van der Waals surface area contributed by atoms with E-state index in [9.17, 15) is 4.79 Å². The number of amides is 1. The van der Waals surface area contributed by atoms with Crippen molar-refractivity contribution in [1.82, 2.24) is 5.32 Å². The zero-order valence-electron chi connectivity index (χ0n) is 11.0. The molecule has 0 bridgehead atoms. The maximum Gasteiger partial charge on any atom is 0.251 e. The predicted molar refractivity (Wildman–Crippen MR) is 81.0 cm³/mol. The molecular formula is C15H18N4O. The van der Waals surface area contributed by atoms with Crippen LogP contribution in [0.5, 0.6) is 0 Å². The molecule has 2 aromatic carbocycles. The van der Waals surface area contributed by atoms with Gasteiger partial charge < -0.3 is 22.5 Å². The lowest BCUT2D eigenvalue weighted by atomic mass is 10.0. The highest BCUT2D eigenvalue weighted by Crippen LogP contribution is 2.21. The Hall–Kier alpha value is -2.53. The summed E-state index contributed by atoms with van der Waals surface area (Å²) in [7, 11) is 0. The van der Waals surface area contributed by atoms with Crippen LogP contribution in [-0.2, 0) is 0 Å². The molecular weight excluding hydrogens is 252 g/mol. The van der Waals surface area contributed by atoms with E-state index in [1.807, 2.05) is 18.2 Å². The lowest BCUT2D eigenvalue weighted by Gasteiger charge is -2.16. The molecule has 2 rings (SSSR count). The van der Waals surface area contributed by atoms with Gasteiger partial charge in [0.25, 0.3) is 5.91 Å². The molecule has 0 radical (unpaired) electrons. The van der Waals surface area contributed by atoms with Gasteiger partial charge in [-0.05, 0) is 35.9 Å². The maximum absolute atomic E-state index is 11.9. The molecule has 0 heterocycles. The highest BCUT2D eigenvalue weighted by molar-refractivity contribution is 5.94. The second kappa shape index (κ2) is 6.08. The van der Waals surface area contributed by atoms with E-state index >= 15 is 0 Å². The number of hydrogen-bond acceptors (Lipinski definition) is 4. The number of anilines is 2. The average molecular weight is 270 g/mol. The Labute approximate surface area is 117 Å². The maximum atomic E-state index is 11.9. The molecule has 7 N–H and O–H groups in total. The van der Waals surface area contributed by atoms with Crippen molar-refractivity contribution in [2.24, 2.45) is 5.73 Å². The highest BCUT2D eigenvalue weighted by Gasteiger charge is 2.12. The fourth-order valence-electron chi connectivity index (χ4n) is 1.92. The Morgan fingerprint density at radius 1 is 1.10 bits per heavy atom. The third-order valence-electron chi connectivity index (χ3n) is 3.03. The van der Waals surface area contributed by atoms with E-state index in [2.05, 4.69) is 5.32 Å². The third-order valence-corrected chi connectivity index (χ3v) is 3.03. The molecule has 20 heavy (non-hydrogen) atoms. The topological polar surface area (TPSA) is 107 Å². The van der Waals surface area contributed by atoms with Crippen LogP contribution in [0.25, 0.3) is 0 Å². The lowest BCUT2D eigenvalue weighted by Crippen LogP contribution is -2.32. The van der Waals surface area contributed by atoms with Crippen molar-refractivity contribution < 1.29 is 4.79 Å². The Balaban J connectivity index is 2.00. The van der Waals surface area contributed by atoms with Crippen LogP contribution in [0.2, 0.25) is 0 Å². The first-order valence-electron chi connectivity index (χ1n) is 6.31. The van der Waals surface area contributed by atoms with E-state index in [1.54, 1.807) is 30.3 Å². The van der Waals surface area contributed by atoms with Crippen molar-refractivity contribution in [3.05, 3.63) is 59.7 Å². The molecule has 0 fully saturated rings. The number of nitrogens with two attached hydrogens (primary N) is 3. The molecule has 1 amide bonds. The van der Waals surface area contributed by atoms with Crippen LogP contribution in [0, 0.1) is 0 Å². The normalized spacial score (nSPS) is 11.8. The highest BCUT2D eigenvalue weighted by atomic mass is 16.1. The molecule has 0 spiro atoms. The quantitative estimate of drug-likeness (QED) is 0.628. The Morgan fingerprint density at radius 2 is 1.80 bits per heavy atom. The van der Waals surface area contributed by atoms with Crippen LogP contribution in [0.15, 0.2) is 48.5 Å². The average Bonchev–Trinajstić information content (AvgIpc) is 2.47. The van der Waals surface area contributed by atoms with Gasteiger partial charge in [0.05, 0.1) is 0 Å². The number of benzene rings is 2. The smallest absolute Gasteiger partial charge is 0.251 e. The number of rotatable bonds is 4. The number of carbonyl (C=O) groups is 1. The summed E-state index contributed by atoms with van der Waals surface area (Å²) >= 11 is 0. The minimum Gasteiger partial charge on any atom is -0.399 e. The molecule has 104 valence electrons. The summed E-state index contributed by atoms with van der Waals surface area (Å²) in [5.74, 6) is -0.163. The summed E-state index contributed by atoms with van der Waals surface area (Å²) in [5.41, 5.74) is 20.1. The van der Waals surface area contributed by atoms with Gasteiger partial charge in [-0.15, -0.1) is 0 Å². The van der Waals surface area contributed by atoms with Crippen molar-refractivity contribution in [3.63, 3.8) is 0 Å². The van der Waals surface area contributed by atoms with Crippen molar-refractivity contribution in [3.8, 4) is 0 Å². The predicted octanol–water partition coefficient (Wildman–Crippen LogP) is 1.28. The summed E-state index contributed by atoms with van der Waals surface area (Å²) in [6, 6.07) is 13.7. The number of nitrogens with one attached hydrogen (secondary N) is 1. The van der Waals surface area contributed by atoms with Gasteiger partial charge in [-0.3, -0.25) is 4.79 Å². The van der Waals surface area contributed by atoms with E-state index in [1.165, 1.54) is 0 Å². The standard InChI is InChI=1S/C15H18N4O/c16-11-6-7-13(17)12(8-11)14(18)9-19-15(20)10-4-2-1-3-5-10/h1-8,14H,9,16-18H2,(H,19,20). The molecule has 0 aliphatic heterocycles. The van der Waals surface area contributed by atoms with E-state index in [-0.39, 0.29) is 5.91 Å². The molecule has 5 heteroatoms. The van der Waals surface area contributed by atoms with Crippen molar-refractivity contribution >= 4 is 17.3 Å². The summed E-state index contributed by atoms with van der Waals surface area (Å²) in [4.78, 5) is 11.9. The van der Waals surface area contributed by atoms with Gasteiger partial charge in [0.1, 0.15) is 0 Å². The monoisotopic (exact) mass is 270 g/mol. The van der Waals surface area contributed by atoms with E-state index in [4.69, 9.17) is 17.2 Å². The third kappa shape index (κ3) is 3.27. The van der Waals surface area contributed by atoms with E-state index in [0.717, 1.165) is 5.56 Å². The van der Waals surface area contributed by atoms with Gasteiger partial charge in [0, 0.05) is 29.5 Å². The largest absolute Gasteiger partial charge is 0.399 e. The fourth-order valence-corrected chi connectivity index (χ4v) is 1.92. The summed E-state index contributed by atoms with van der Waals surface area (Å²) in [6.07, 6.45) is 0. The second-order valence-electron chi connectivity index (χ2n) is 4.57. The molecule has 1 unspecified atom stereocenters. The molecule has 0 aliphatic rings. The van der Waals surface area contributed by atoms with Crippen LogP contribution in [-0.4, -0.2) is 12.5 Å². The first-order chi connectivity index (χ1) is 9.58. The van der Waals surface area contributed by atoms with Gasteiger partial charge in [-0.1, -0.05) is 18.2 Å². The molecule has 2 aromatic rings. The second-order valence-corrected chi connectivity index (χ2v) is 4.57. The minimum atomic E-state index is -0.397. The van der Waals surface area contributed by atoms with Crippen LogP contribution >= 0.6 is 0 Å². The van der Waals surface area contributed by atoms with Crippen LogP contribution < -0.4 is 22.5 Å². The van der Waals surface area contributed by atoms with Gasteiger partial charge >= 0.3 is 0 Å². The summed E-state index contributed by atoms with van der Waals surface area (Å²) in [6.45, 7) is 0.293. The van der Waals surface area contributed by atoms with Crippen LogP contribution in [0.3, 0.4) is 0 Å². The Morgan fingerprint density at radius 3 is 2.50 bits per heavy atom. The first-order valence-corrected chi connectivity index (χ1v) is 6.31. The Kier molecular flexibility index (Phi) is 4.22. The van der Waals surface area contributed by atoms with Gasteiger partial charge in [-0.2, -0.15) is 0 Å². The first kappa shape index (κ1) is 13.9. The fraction of sp³-hybridized carbons (Fsp3) is 0.133. The molecule has 5 nitrogen and oxygen atoms in total. The summed E-state index contributed by atoms with van der Waals surface area (Å²) in [5, 5.41) is 2.78. The minimum absolute atomic E-state index is 0.163. The SMILES string of the molecule is Nc1ccc(N)c(C(N)CNC(=O)c2ccccc2)c1. The van der Waals surface area contributed by atoms with Gasteiger partial charge in [0.15, 0.2) is 0 Å². The molecule has 0 saturated heterocycles. The summed E-state index contributed by atoms with van der Waals surface area (Å²) < 4.78 is 0. The number of hydrogen-bond donors (Lipinski definition) is 4. The molecule has 0 aromatic heterocycles. The van der Waals surface area contributed by atoms with E-state index < -0.39 is 6.04 Å². The van der Waals surface area contributed by atoms with Crippen molar-refractivity contribution in [2.75, 3.05) is 18.0 Å². The number of nitrogen functional groups attached to an aromatic ring is 2. The van der Waals surface area contributed by atoms with Crippen LogP contribution in [0.1, 0.15) is 22.0 Å². The van der Waals surface area contributed by atoms with Crippen molar-refractivity contribution in [1.29, 1.82) is 0 Å². The zero-order valence-corrected chi connectivity index (χ0v) is 11.0. The molecule has 0 saturated carbocycles. The van der Waals surface area contributed by atoms with Crippen LogP contribution in [0.4, 0.5) is 11.4 Å². The number of carbonyl (C=O) groups excluding carboxylic acids is 1.